The van der Waals surface area contributed by atoms with Crippen molar-refractivity contribution in [1.29, 1.82) is 0 Å². The van der Waals surface area contributed by atoms with Crippen LogP contribution in [0.4, 0.5) is 0 Å². The maximum absolute atomic E-state index is 13.4. The van der Waals surface area contributed by atoms with Crippen molar-refractivity contribution in [3.05, 3.63) is 65.7 Å². The molecule has 2 aromatic rings. The number of ketones is 2. The largest absolute Gasteiger partial charge is 0.496 e. The van der Waals surface area contributed by atoms with E-state index in [1.54, 1.807) is 42.3 Å². The van der Waals surface area contributed by atoms with Gasteiger partial charge in [0.25, 0.3) is 5.91 Å². The molecule has 2 fully saturated rings. The molecule has 31 heavy (non-hydrogen) atoms. The summed E-state index contributed by atoms with van der Waals surface area (Å²) in [4.78, 5) is 43.2. The van der Waals surface area contributed by atoms with Gasteiger partial charge in [-0.25, -0.2) is 0 Å². The minimum absolute atomic E-state index is 0.344. The second-order valence-corrected chi connectivity index (χ2v) is 7.71. The number of Topliss-reactive ketones (excluding diaryl/α,β-unsaturated/α-hetero) is 2. The van der Waals surface area contributed by atoms with Gasteiger partial charge >= 0.3 is 0 Å². The Morgan fingerprint density at radius 1 is 1.00 bits per heavy atom. The normalized spacial score (nSPS) is 22.0. The monoisotopic (exact) mass is 422 g/mol. The molecule has 0 radical (unpaired) electrons. The van der Waals surface area contributed by atoms with Crippen LogP contribution in [0, 0.1) is 5.92 Å². The molecule has 0 saturated carbocycles. The SMILES string of the molecule is COc1ccccc1C1C(C(=O)c2ccccc2)C(=O)C(=O)N1CCN1CCOCC1. The Morgan fingerprint density at radius 3 is 2.39 bits per heavy atom. The topological polar surface area (TPSA) is 76.2 Å². The highest BCUT2D eigenvalue weighted by molar-refractivity contribution is 6.44. The molecule has 2 aliphatic heterocycles. The zero-order valence-electron chi connectivity index (χ0n) is 17.5. The first-order chi connectivity index (χ1) is 15.1. The molecule has 0 bridgehead atoms. The van der Waals surface area contributed by atoms with E-state index in [9.17, 15) is 14.4 Å². The van der Waals surface area contributed by atoms with Crippen LogP contribution in [-0.2, 0) is 14.3 Å². The fourth-order valence-corrected chi connectivity index (χ4v) is 4.34. The molecule has 162 valence electrons. The van der Waals surface area contributed by atoms with Crippen LogP contribution in [0.25, 0.3) is 0 Å². The molecule has 0 spiro atoms. The molecule has 2 aromatic carbocycles. The minimum atomic E-state index is -1.10. The van der Waals surface area contributed by atoms with Gasteiger partial charge in [-0.05, 0) is 6.07 Å². The quantitative estimate of drug-likeness (QED) is 0.386. The van der Waals surface area contributed by atoms with Crippen molar-refractivity contribution < 1.29 is 23.9 Å². The van der Waals surface area contributed by atoms with E-state index in [2.05, 4.69) is 4.90 Å². The van der Waals surface area contributed by atoms with Crippen LogP contribution in [0.2, 0.25) is 0 Å². The van der Waals surface area contributed by atoms with Crippen molar-refractivity contribution in [2.45, 2.75) is 6.04 Å². The lowest BCUT2D eigenvalue weighted by molar-refractivity contribution is -0.141. The van der Waals surface area contributed by atoms with E-state index in [-0.39, 0.29) is 5.78 Å². The number of benzene rings is 2. The Balaban J connectivity index is 1.70. The molecule has 2 aliphatic rings. The minimum Gasteiger partial charge on any atom is -0.496 e. The van der Waals surface area contributed by atoms with E-state index in [0.717, 1.165) is 13.1 Å². The number of carbonyl (C=O) groups excluding carboxylic acids is 3. The van der Waals surface area contributed by atoms with E-state index in [4.69, 9.17) is 9.47 Å². The molecule has 2 atom stereocenters. The van der Waals surface area contributed by atoms with Crippen LogP contribution in [0.1, 0.15) is 22.0 Å². The molecule has 0 N–H and O–H groups in total. The predicted molar refractivity (Wildman–Crippen MR) is 114 cm³/mol. The van der Waals surface area contributed by atoms with Gasteiger partial charge in [-0.15, -0.1) is 0 Å². The van der Waals surface area contributed by atoms with Crippen molar-refractivity contribution in [2.75, 3.05) is 46.5 Å². The summed E-state index contributed by atoms with van der Waals surface area (Å²) < 4.78 is 10.9. The molecular weight excluding hydrogens is 396 g/mol. The number of ether oxygens (including phenoxy) is 2. The molecular formula is C24H26N2O5. The number of hydrogen-bond acceptors (Lipinski definition) is 6. The van der Waals surface area contributed by atoms with Crippen molar-refractivity contribution in [2.24, 2.45) is 5.92 Å². The van der Waals surface area contributed by atoms with E-state index in [0.29, 0.717) is 43.2 Å². The van der Waals surface area contributed by atoms with E-state index in [1.165, 1.54) is 0 Å². The highest BCUT2D eigenvalue weighted by atomic mass is 16.5. The molecule has 0 aromatic heterocycles. The fraction of sp³-hybridized carbons (Fsp3) is 0.375. The number of morpholine rings is 1. The average Bonchev–Trinajstić information content (AvgIpc) is 3.08. The summed E-state index contributed by atoms with van der Waals surface area (Å²) in [5, 5.41) is 0. The third-order valence-corrected chi connectivity index (χ3v) is 5.96. The lowest BCUT2D eigenvalue weighted by atomic mass is 9.86. The zero-order chi connectivity index (χ0) is 21.8. The molecule has 2 unspecified atom stereocenters. The van der Waals surface area contributed by atoms with Crippen molar-refractivity contribution in [3.8, 4) is 5.75 Å². The summed E-state index contributed by atoms with van der Waals surface area (Å²) in [6.45, 7) is 3.82. The second kappa shape index (κ2) is 9.41. The van der Waals surface area contributed by atoms with Crippen LogP contribution in [0.15, 0.2) is 54.6 Å². The van der Waals surface area contributed by atoms with Gasteiger partial charge in [0, 0.05) is 37.3 Å². The number of rotatable bonds is 7. The number of amides is 1. The average molecular weight is 422 g/mol. The van der Waals surface area contributed by atoms with Gasteiger partial charge < -0.3 is 14.4 Å². The van der Waals surface area contributed by atoms with Crippen LogP contribution in [-0.4, -0.2) is 73.8 Å². The molecule has 1 amide bonds. The van der Waals surface area contributed by atoms with Crippen molar-refractivity contribution in [3.63, 3.8) is 0 Å². The summed E-state index contributed by atoms with van der Waals surface area (Å²) in [6.07, 6.45) is 0. The number of hydrogen-bond donors (Lipinski definition) is 0. The zero-order valence-corrected chi connectivity index (χ0v) is 17.5. The van der Waals surface area contributed by atoms with Gasteiger partial charge in [0.2, 0.25) is 5.78 Å². The van der Waals surface area contributed by atoms with Gasteiger partial charge in [0.15, 0.2) is 5.78 Å². The van der Waals surface area contributed by atoms with Crippen LogP contribution in [0.3, 0.4) is 0 Å². The van der Waals surface area contributed by atoms with Gasteiger partial charge in [0.05, 0.1) is 26.4 Å². The Kier molecular flexibility index (Phi) is 6.44. The van der Waals surface area contributed by atoms with Crippen molar-refractivity contribution in [1.82, 2.24) is 9.80 Å². The summed E-state index contributed by atoms with van der Waals surface area (Å²) in [7, 11) is 1.55. The molecule has 2 saturated heterocycles. The first-order valence-corrected chi connectivity index (χ1v) is 10.5. The molecule has 4 rings (SSSR count). The Hall–Kier alpha value is -3.03. The van der Waals surface area contributed by atoms with Crippen molar-refractivity contribution >= 4 is 17.5 Å². The maximum atomic E-state index is 13.4. The molecule has 2 heterocycles. The van der Waals surface area contributed by atoms with E-state index < -0.39 is 23.7 Å². The lowest BCUT2D eigenvalue weighted by Crippen LogP contribution is -2.43. The lowest BCUT2D eigenvalue weighted by Gasteiger charge is -2.32. The number of methoxy groups -OCH3 is 1. The number of nitrogens with zero attached hydrogens (tertiary/aromatic N) is 2. The Bertz CT molecular complexity index is 955. The van der Waals surface area contributed by atoms with E-state index in [1.807, 2.05) is 24.3 Å². The van der Waals surface area contributed by atoms with E-state index >= 15 is 0 Å². The standard InChI is InChI=1S/C24H26N2O5/c1-30-19-10-6-5-9-18(19)21-20(22(27)17-7-3-2-4-8-17)23(28)24(29)26(21)12-11-25-13-15-31-16-14-25/h2-10,20-21H,11-16H2,1H3. The number of carbonyl (C=O) groups is 3. The van der Waals surface area contributed by atoms with Gasteiger partial charge in [0.1, 0.15) is 11.7 Å². The van der Waals surface area contributed by atoms with Gasteiger partial charge in [-0.1, -0.05) is 48.5 Å². The first-order valence-electron chi connectivity index (χ1n) is 10.5. The summed E-state index contributed by atoms with van der Waals surface area (Å²) in [6, 6.07) is 15.2. The van der Waals surface area contributed by atoms with Crippen LogP contribution >= 0.6 is 0 Å². The second-order valence-electron chi connectivity index (χ2n) is 7.71. The molecule has 7 nitrogen and oxygen atoms in total. The summed E-state index contributed by atoms with van der Waals surface area (Å²) >= 11 is 0. The highest BCUT2D eigenvalue weighted by Gasteiger charge is 2.52. The van der Waals surface area contributed by atoms with Gasteiger partial charge in [-0.2, -0.15) is 0 Å². The molecule has 0 aliphatic carbocycles. The third kappa shape index (κ3) is 4.24. The van der Waals surface area contributed by atoms with Gasteiger partial charge in [-0.3, -0.25) is 19.3 Å². The summed E-state index contributed by atoms with van der Waals surface area (Å²) in [5.74, 6) is -2.16. The maximum Gasteiger partial charge on any atom is 0.291 e. The van der Waals surface area contributed by atoms with Crippen LogP contribution in [0.5, 0.6) is 5.75 Å². The smallest absolute Gasteiger partial charge is 0.291 e. The first kappa shape index (κ1) is 21.2. The third-order valence-electron chi connectivity index (χ3n) is 5.96. The summed E-state index contributed by atoms with van der Waals surface area (Å²) in [5.41, 5.74) is 1.09. The predicted octanol–water partition coefficient (Wildman–Crippen LogP) is 1.98. The van der Waals surface area contributed by atoms with Crippen LogP contribution < -0.4 is 4.74 Å². The number of para-hydroxylation sites is 1. The molecule has 7 heteroatoms. The Labute approximate surface area is 181 Å². The Morgan fingerprint density at radius 2 is 1.68 bits per heavy atom. The number of likely N-dealkylation sites (tertiary alicyclic amines) is 1. The highest BCUT2D eigenvalue weighted by Crippen LogP contribution is 2.41. The fourth-order valence-electron chi connectivity index (χ4n) is 4.34.